The molecule has 0 unspecified atom stereocenters. The SMILES string of the molecule is C=CC=CC=C(C)C=CC=C(C)C(=O)C[C@@]12O[C@]1(C)C[C@@H](O)CC2(C)C. The number of aliphatic hydroxyl groups is 1. The Balaban J connectivity index is 2.05. The molecule has 142 valence electrons. The Labute approximate surface area is 157 Å². The molecule has 1 N–H and O–H groups in total. The van der Waals surface area contributed by atoms with Crippen LogP contribution in [0, 0.1) is 5.41 Å². The van der Waals surface area contributed by atoms with E-state index in [9.17, 15) is 9.90 Å². The van der Waals surface area contributed by atoms with Gasteiger partial charge in [-0.05, 0) is 38.2 Å². The molecule has 0 aromatic rings. The Morgan fingerprint density at radius 1 is 1.15 bits per heavy atom. The Morgan fingerprint density at radius 3 is 2.46 bits per heavy atom. The summed E-state index contributed by atoms with van der Waals surface area (Å²) in [6.45, 7) is 13.7. The fourth-order valence-corrected chi connectivity index (χ4v) is 4.30. The summed E-state index contributed by atoms with van der Waals surface area (Å²) >= 11 is 0. The monoisotopic (exact) mass is 356 g/mol. The zero-order valence-electron chi connectivity index (χ0n) is 16.7. The van der Waals surface area contributed by atoms with E-state index in [1.165, 1.54) is 0 Å². The van der Waals surface area contributed by atoms with Gasteiger partial charge in [-0.2, -0.15) is 0 Å². The standard InChI is InChI=1S/C23H32O3/c1-7-8-9-11-17(2)12-10-13-18(3)20(25)16-23-21(4,5)14-19(24)15-22(23,6)26-23/h7-13,19,24H,1,14-16H2,2-6H3/t19-,22+,23-/m0/s1. The first-order valence-electron chi connectivity index (χ1n) is 9.29. The van der Waals surface area contributed by atoms with Crippen LogP contribution in [0.5, 0.6) is 0 Å². The van der Waals surface area contributed by atoms with E-state index < -0.39 is 11.2 Å². The van der Waals surface area contributed by atoms with Crippen molar-refractivity contribution in [2.45, 2.75) is 71.2 Å². The van der Waals surface area contributed by atoms with Gasteiger partial charge in [-0.3, -0.25) is 4.79 Å². The molecule has 2 aliphatic rings. The number of hydrogen-bond donors (Lipinski definition) is 1. The van der Waals surface area contributed by atoms with Gasteiger partial charge in [-0.15, -0.1) is 0 Å². The number of epoxide rings is 1. The van der Waals surface area contributed by atoms with Crippen molar-refractivity contribution in [2.24, 2.45) is 5.41 Å². The van der Waals surface area contributed by atoms with Gasteiger partial charge in [0.1, 0.15) is 5.60 Å². The Morgan fingerprint density at radius 2 is 1.85 bits per heavy atom. The van der Waals surface area contributed by atoms with E-state index in [1.807, 2.05) is 57.2 Å². The largest absolute Gasteiger partial charge is 0.393 e. The Kier molecular flexibility index (Phi) is 5.94. The maximum atomic E-state index is 12.8. The summed E-state index contributed by atoms with van der Waals surface area (Å²) in [6, 6.07) is 0. The number of carbonyl (C=O) groups is 1. The fraction of sp³-hybridized carbons (Fsp3) is 0.522. The summed E-state index contributed by atoms with van der Waals surface area (Å²) in [6.07, 6.45) is 14.5. The first-order chi connectivity index (χ1) is 12.1. The molecule has 1 saturated carbocycles. The molecule has 2 fully saturated rings. The van der Waals surface area contributed by atoms with E-state index in [4.69, 9.17) is 4.74 Å². The average molecular weight is 357 g/mol. The van der Waals surface area contributed by atoms with Gasteiger partial charge >= 0.3 is 0 Å². The van der Waals surface area contributed by atoms with Gasteiger partial charge in [0.25, 0.3) is 0 Å². The highest BCUT2D eigenvalue weighted by molar-refractivity contribution is 5.96. The molecule has 3 heteroatoms. The quantitative estimate of drug-likeness (QED) is 0.403. The maximum Gasteiger partial charge on any atom is 0.161 e. The zero-order valence-corrected chi connectivity index (χ0v) is 16.7. The number of ether oxygens (including phenoxy) is 1. The summed E-state index contributed by atoms with van der Waals surface area (Å²) < 4.78 is 6.11. The van der Waals surface area contributed by atoms with Crippen LogP contribution in [-0.4, -0.2) is 28.2 Å². The number of aliphatic hydroxyl groups excluding tert-OH is 1. The van der Waals surface area contributed by atoms with Crippen LogP contribution in [0.4, 0.5) is 0 Å². The van der Waals surface area contributed by atoms with Gasteiger partial charge < -0.3 is 9.84 Å². The minimum atomic E-state index is -0.458. The molecule has 0 radical (unpaired) electrons. The number of Topliss-reactive ketones (excluding diaryl/α,β-unsaturated/α-hetero) is 1. The van der Waals surface area contributed by atoms with E-state index >= 15 is 0 Å². The minimum absolute atomic E-state index is 0.107. The lowest BCUT2D eigenvalue weighted by atomic mass is 9.61. The van der Waals surface area contributed by atoms with Crippen LogP contribution in [0.25, 0.3) is 0 Å². The summed E-state index contributed by atoms with van der Waals surface area (Å²) in [5, 5.41) is 10.1. The van der Waals surface area contributed by atoms with Crippen LogP contribution >= 0.6 is 0 Å². The lowest BCUT2D eigenvalue weighted by Gasteiger charge is -2.40. The predicted molar refractivity (Wildman–Crippen MR) is 107 cm³/mol. The summed E-state index contributed by atoms with van der Waals surface area (Å²) in [5.41, 5.74) is 0.752. The van der Waals surface area contributed by atoms with Crippen LogP contribution in [0.2, 0.25) is 0 Å². The second kappa shape index (κ2) is 7.50. The van der Waals surface area contributed by atoms with E-state index in [-0.39, 0.29) is 17.3 Å². The Hall–Kier alpha value is -1.71. The normalized spacial score (nSPS) is 34.2. The zero-order chi connectivity index (χ0) is 19.6. The lowest BCUT2D eigenvalue weighted by Crippen LogP contribution is -2.48. The molecule has 1 saturated heterocycles. The van der Waals surface area contributed by atoms with Gasteiger partial charge in [-0.25, -0.2) is 0 Å². The summed E-state index contributed by atoms with van der Waals surface area (Å²) in [5.74, 6) is 0.107. The smallest absolute Gasteiger partial charge is 0.161 e. The predicted octanol–water partition coefficient (Wildman–Crippen LogP) is 4.85. The number of fused-ring (bicyclic) bond motifs is 1. The third-order valence-electron chi connectivity index (χ3n) is 5.84. The molecule has 2 rings (SSSR count). The van der Waals surface area contributed by atoms with Crippen molar-refractivity contribution in [2.75, 3.05) is 0 Å². The first kappa shape index (κ1) is 20.6. The van der Waals surface area contributed by atoms with Crippen molar-refractivity contribution in [3.05, 3.63) is 60.3 Å². The van der Waals surface area contributed by atoms with Crippen molar-refractivity contribution < 1.29 is 14.6 Å². The maximum absolute atomic E-state index is 12.8. The number of hydrogen-bond acceptors (Lipinski definition) is 3. The van der Waals surface area contributed by atoms with Crippen molar-refractivity contribution in [3.8, 4) is 0 Å². The summed E-state index contributed by atoms with van der Waals surface area (Å²) in [4.78, 5) is 12.8. The molecule has 3 atom stereocenters. The van der Waals surface area contributed by atoms with Crippen LogP contribution in [-0.2, 0) is 9.53 Å². The first-order valence-corrected chi connectivity index (χ1v) is 9.29. The molecule has 1 aliphatic carbocycles. The Bertz CT molecular complexity index is 692. The van der Waals surface area contributed by atoms with Gasteiger partial charge in [-0.1, -0.05) is 68.5 Å². The van der Waals surface area contributed by atoms with Crippen molar-refractivity contribution >= 4 is 5.78 Å². The van der Waals surface area contributed by atoms with Gasteiger partial charge in [0.05, 0.1) is 11.7 Å². The van der Waals surface area contributed by atoms with Crippen LogP contribution in [0.15, 0.2) is 60.3 Å². The third kappa shape index (κ3) is 3.99. The van der Waals surface area contributed by atoms with Crippen molar-refractivity contribution in [3.63, 3.8) is 0 Å². The molecule has 0 aromatic carbocycles. The van der Waals surface area contributed by atoms with Gasteiger partial charge in [0, 0.05) is 12.8 Å². The number of carbonyl (C=O) groups excluding carboxylic acids is 1. The number of rotatable bonds is 7. The number of allylic oxidation sites excluding steroid dienone is 9. The van der Waals surface area contributed by atoms with E-state index in [1.54, 1.807) is 6.08 Å². The molecule has 0 spiro atoms. The van der Waals surface area contributed by atoms with E-state index in [0.717, 1.165) is 11.1 Å². The van der Waals surface area contributed by atoms with Crippen molar-refractivity contribution in [1.29, 1.82) is 0 Å². The molecule has 1 heterocycles. The molecule has 26 heavy (non-hydrogen) atoms. The number of ketones is 1. The second-order valence-electron chi connectivity index (χ2n) is 8.45. The minimum Gasteiger partial charge on any atom is -0.393 e. The molecular formula is C23H32O3. The molecule has 3 nitrogen and oxygen atoms in total. The molecule has 0 bridgehead atoms. The van der Waals surface area contributed by atoms with Gasteiger partial charge in [0.2, 0.25) is 0 Å². The van der Waals surface area contributed by atoms with Crippen LogP contribution < -0.4 is 0 Å². The highest BCUT2D eigenvalue weighted by Crippen LogP contribution is 2.67. The molecule has 0 amide bonds. The fourth-order valence-electron chi connectivity index (χ4n) is 4.30. The average Bonchev–Trinajstić information content (AvgIpc) is 3.12. The highest BCUT2D eigenvalue weighted by Gasteiger charge is 2.76. The van der Waals surface area contributed by atoms with Crippen molar-refractivity contribution in [1.82, 2.24) is 0 Å². The third-order valence-corrected chi connectivity index (χ3v) is 5.84. The van der Waals surface area contributed by atoms with E-state index in [2.05, 4.69) is 20.4 Å². The lowest BCUT2D eigenvalue weighted by molar-refractivity contribution is -0.118. The van der Waals surface area contributed by atoms with Gasteiger partial charge in [0.15, 0.2) is 5.78 Å². The van der Waals surface area contributed by atoms with E-state index in [0.29, 0.717) is 19.3 Å². The summed E-state index contributed by atoms with van der Waals surface area (Å²) in [7, 11) is 0. The molecule has 0 aromatic heterocycles. The molecule has 1 aliphatic heterocycles. The van der Waals surface area contributed by atoms with Crippen LogP contribution in [0.3, 0.4) is 0 Å². The second-order valence-corrected chi connectivity index (χ2v) is 8.45. The van der Waals surface area contributed by atoms with Crippen LogP contribution in [0.1, 0.15) is 53.9 Å². The topological polar surface area (TPSA) is 49.8 Å². The highest BCUT2D eigenvalue weighted by atomic mass is 16.6. The molecular weight excluding hydrogens is 324 g/mol.